The molecule has 0 saturated carbocycles. The molecule has 2 aromatic carbocycles. The van der Waals surface area contributed by atoms with Gasteiger partial charge in [0, 0.05) is 28.0 Å². The fraction of sp³-hybridized carbons (Fsp3) is 0.0588. The Hall–Kier alpha value is -1.71. The van der Waals surface area contributed by atoms with Gasteiger partial charge in [0.2, 0.25) is 0 Å². The van der Waals surface area contributed by atoms with Crippen LogP contribution in [-0.2, 0) is 6.42 Å². The minimum atomic E-state index is -0.00217. The number of aromatic nitrogens is 1. The lowest BCUT2D eigenvalue weighted by molar-refractivity contribution is 0.0993. The molecule has 0 atom stereocenters. The first-order valence-corrected chi connectivity index (χ1v) is 7.63. The number of nitrogens with zero attached hydrogens (tertiary/aromatic N) is 1. The van der Waals surface area contributed by atoms with Crippen LogP contribution in [0.1, 0.15) is 15.9 Å². The lowest BCUT2D eigenvalue weighted by Crippen LogP contribution is -2.05. The lowest BCUT2D eigenvalue weighted by Gasteiger charge is -2.07. The number of hydrogen-bond donors (Lipinski definition) is 0. The minimum Gasteiger partial charge on any atom is -0.294 e. The molecule has 0 amide bonds. The molecule has 0 N–H and O–H groups in total. The summed E-state index contributed by atoms with van der Waals surface area (Å²) in [5, 5.41) is 1.47. The number of para-hydroxylation sites is 1. The van der Waals surface area contributed by atoms with Crippen molar-refractivity contribution in [3.63, 3.8) is 0 Å². The molecule has 0 bridgehead atoms. The summed E-state index contributed by atoms with van der Waals surface area (Å²) in [6.45, 7) is 0. The molecule has 0 aliphatic carbocycles. The number of rotatable bonds is 3. The van der Waals surface area contributed by atoms with Gasteiger partial charge in [-0.05, 0) is 35.9 Å². The highest BCUT2D eigenvalue weighted by Gasteiger charge is 2.13. The van der Waals surface area contributed by atoms with Crippen LogP contribution in [0.2, 0.25) is 5.02 Å². The van der Waals surface area contributed by atoms with E-state index in [-0.39, 0.29) is 5.78 Å². The Morgan fingerprint density at radius 1 is 1.14 bits per heavy atom. The summed E-state index contributed by atoms with van der Waals surface area (Å²) in [6.07, 6.45) is 2.03. The Bertz CT molecular complexity index is 827. The minimum absolute atomic E-state index is 0.00217. The molecule has 0 radical (unpaired) electrons. The zero-order valence-corrected chi connectivity index (χ0v) is 13.4. The van der Waals surface area contributed by atoms with E-state index in [2.05, 4.69) is 20.9 Å². The van der Waals surface area contributed by atoms with Crippen LogP contribution in [0.5, 0.6) is 0 Å². The monoisotopic (exact) mass is 359 g/mol. The number of carbonyl (C=O) groups excluding carboxylic acids is 1. The van der Waals surface area contributed by atoms with Gasteiger partial charge in [-0.25, -0.2) is 0 Å². The molecule has 0 aliphatic heterocycles. The molecular formula is C17H11BrClNO. The predicted octanol–water partition coefficient (Wildman–Crippen LogP) is 5.08. The average Bonchev–Trinajstić information content (AvgIpc) is 2.50. The highest BCUT2D eigenvalue weighted by molar-refractivity contribution is 9.10. The zero-order valence-electron chi connectivity index (χ0n) is 11.0. The molecule has 104 valence electrons. The Morgan fingerprint density at radius 2 is 1.95 bits per heavy atom. The number of fused-ring (bicyclic) bond motifs is 1. The first kappa shape index (κ1) is 14.2. The van der Waals surface area contributed by atoms with Crippen molar-refractivity contribution in [3.05, 3.63) is 75.4 Å². The topological polar surface area (TPSA) is 30.0 Å². The van der Waals surface area contributed by atoms with Crippen molar-refractivity contribution in [1.29, 1.82) is 0 Å². The molecule has 2 nitrogen and oxygen atoms in total. The van der Waals surface area contributed by atoms with Crippen molar-refractivity contribution >= 4 is 44.2 Å². The van der Waals surface area contributed by atoms with Crippen LogP contribution in [0.4, 0.5) is 0 Å². The maximum Gasteiger partial charge on any atom is 0.168 e. The van der Waals surface area contributed by atoms with Crippen LogP contribution >= 0.6 is 27.5 Å². The van der Waals surface area contributed by atoms with Crippen molar-refractivity contribution in [2.75, 3.05) is 0 Å². The molecule has 0 fully saturated rings. The molecule has 0 saturated heterocycles. The highest BCUT2D eigenvalue weighted by atomic mass is 79.9. The number of carbonyl (C=O) groups is 1. The Morgan fingerprint density at radius 3 is 2.81 bits per heavy atom. The van der Waals surface area contributed by atoms with Gasteiger partial charge in [0.05, 0.1) is 10.5 Å². The summed E-state index contributed by atoms with van der Waals surface area (Å²) in [4.78, 5) is 16.8. The average molecular weight is 361 g/mol. The molecule has 3 aromatic rings. The van der Waals surface area contributed by atoms with E-state index in [0.717, 1.165) is 20.9 Å². The zero-order chi connectivity index (χ0) is 14.8. The summed E-state index contributed by atoms with van der Waals surface area (Å²) in [7, 11) is 0. The highest BCUT2D eigenvalue weighted by Crippen LogP contribution is 2.24. The normalized spacial score (nSPS) is 10.8. The van der Waals surface area contributed by atoms with Crippen LogP contribution < -0.4 is 0 Å². The van der Waals surface area contributed by atoms with E-state index < -0.39 is 0 Å². The third-order valence-corrected chi connectivity index (χ3v) is 4.14. The summed E-state index contributed by atoms with van der Waals surface area (Å²) >= 11 is 9.49. The van der Waals surface area contributed by atoms with Crippen LogP contribution in [0.25, 0.3) is 10.9 Å². The maximum absolute atomic E-state index is 12.5. The van der Waals surface area contributed by atoms with Crippen LogP contribution in [0.15, 0.2) is 59.2 Å². The van der Waals surface area contributed by atoms with Gasteiger partial charge in [-0.3, -0.25) is 9.78 Å². The molecular weight excluding hydrogens is 350 g/mol. The quantitative estimate of drug-likeness (QED) is 0.610. The van der Waals surface area contributed by atoms with Crippen molar-refractivity contribution in [3.8, 4) is 0 Å². The van der Waals surface area contributed by atoms with Gasteiger partial charge in [-0.15, -0.1) is 0 Å². The molecule has 3 rings (SSSR count). The van der Waals surface area contributed by atoms with Crippen molar-refractivity contribution in [2.45, 2.75) is 6.42 Å². The van der Waals surface area contributed by atoms with Gasteiger partial charge in [0.1, 0.15) is 0 Å². The van der Waals surface area contributed by atoms with Crippen molar-refractivity contribution < 1.29 is 4.79 Å². The van der Waals surface area contributed by atoms with Crippen LogP contribution in [0.3, 0.4) is 0 Å². The van der Waals surface area contributed by atoms with E-state index in [1.165, 1.54) is 0 Å². The number of hydrogen-bond acceptors (Lipinski definition) is 2. The lowest BCUT2D eigenvalue weighted by atomic mass is 10.00. The molecule has 0 aliphatic rings. The van der Waals surface area contributed by atoms with Crippen molar-refractivity contribution in [1.82, 2.24) is 4.98 Å². The number of ketones is 1. The molecule has 1 heterocycles. The SMILES string of the molecule is O=C(Cc1ccnc2ccccc12)c1cc(Br)ccc1Cl. The first-order chi connectivity index (χ1) is 10.1. The Kier molecular flexibility index (Phi) is 4.04. The fourth-order valence-electron chi connectivity index (χ4n) is 2.29. The Balaban J connectivity index is 1.99. The smallest absolute Gasteiger partial charge is 0.168 e. The van der Waals surface area contributed by atoms with Gasteiger partial charge in [-0.1, -0.05) is 45.7 Å². The van der Waals surface area contributed by atoms with Gasteiger partial charge in [0.25, 0.3) is 0 Å². The van der Waals surface area contributed by atoms with Crippen molar-refractivity contribution in [2.24, 2.45) is 0 Å². The molecule has 1 aromatic heterocycles. The van der Waals surface area contributed by atoms with E-state index >= 15 is 0 Å². The molecule has 4 heteroatoms. The van der Waals surface area contributed by atoms with E-state index in [0.29, 0.717) is 17.0 Å². The third kappa shape index (κ3) is 2.99. The summed E-state index contributed by atoms with van der Waals surface area (Å²) in [5.41, 5.74) is 2.39. The Labute approximate surface area is 135 Å². The predicted molar refractivity (Wildman–Crippen MR) is 88.9 cm³/mol. The van der Waals surface area contributed by atoms with Gasteiger partial charge >= 0.3 is 0 Å². The number of Topliss-reactive ketones (excluding diaryl/α,β-unsaturated/α-hetero) is 1. The fourth-order valence-corrected chi connectivity index (χ4v) is 2.87. The summed E-state index contributed by atoms with van der Waals surface area (Å²) < 4.78 is 0.842. The van der Waals surface area contributed by atoms with Crippen LogP contribution in [0, 0.1) is 0 Å². The number of benzene rings is 2. The number of pyridine rings is 1. The molecule has 21 heavy (non-hydrogen) atoms. The van der Waals surface area contributed by atoms with Gasteiger partial charge < -0.3 is 0 Å². The molecule has 0 unspecified atom stereocenters. The standard InChI is InChI=1S/C17H11BrClNO/c18-12-5-6-15(19)14(10-12)17(21)9-11-7-8-20-16-4-2-1-3-13(11)16/h1-8,10H,9H2. The van der Waals surface area contributed by atoms with E-state index in [1.54, 1.807) is 18.3 Å². The second kappa shape index (κ2) is 5.96. The second-order valence-corrected chi connectivity index (χ2v) is 6.03. The van der Waals surface area contributed by atoms with E-state index in [1.807, 2.05) is 36.4 Å². The maximum atomic E-state index is 12.5. The largest absolute Gasteiger partial charge is 0.294 e. The van der Waals surface area contributed by atoms with E-state index in [4.69, 9.17) is 11.6 Å². The van der Waals surface area contributed by atoms with Gasteiger partial charge in [0.15, 0.2) is 5.78 Å². The second-order valence-electron chi connectivity index (χ2n) is 4.71. The van der Waals surface area contributed by atoms with E-state index in [9.17, 15) is 4.79 Å². The summed E-state index contributed by atoms with van der Waals surface area (Å²) in [5.74, 6) is -0.00217. The first-order valence-electron chi connectivity index (χ1n) is 6.46. The van der Waals surface area contributed by atoms with Crippen LogP contribution in [-0.4, -0.2) is 10.8 Å². The third-order valence-electron chi connectivity index (χ3n) is 3.32. The summed E-state index contributed by atoms with van der Waals surface area (Å²) in [6, 6.07) is 15.0. The van der Waals surface area contributed by atoms with Gasteiger partial charge in [-0.2, -0.15) is 0 Å². The number of halogens is 2. The molecule has 0 spiro atoms.